The molecule has 1 aromatic rings. The van der Waals surface area contributed by atoms with Crippen LogP contribution in [0.4, 0.5) is 0 Å². The lowest BCUT2D eigenvalue weighted by molar-refractivity contribution is 0.0946. The second-order valence-electron chi connectivity index (χ2n) is 3.47. The van der Waals surface area contributed by atoms with E-state index < -0.39 is 0 Å². The third kappa shape index (κ3) is 4.32. The van der Waals surface area contributed by atoms with Gasteiger partial charge in [0.25, 0.3) is 5.91 Å². The van der Waals surface area contributed by atoms with Crippen molar-refractivity contribution >= 4 is 21.8 Å². The first-order valence-electron chi connectivity index (χ1n) is 5.04. The zero-order valence-electron chi connectivity index (χ0n) is 9.44. The molecule has 1 heterocycles. The van der Waals surface area contributed by atoms with Crippen molar-refractivity contribution in [3.8, 4) is 0 Å². The fourth-order valence-corrected chi connectivity index (χ4v) is 1.73. The van der Waals surface area contributed by atoms with E-state index in [4.69, 9.17) is 4.74 Å². The molecule has 6 heteroatoms. The smallest absolute Gasteiger partial charge is 0.271 e. The van der Waals surface area contributed by atoms with Gasteiger partial charge in [-0.25, -0.2) is 0 Å². The molecule has 0 saturated carbocycles. The van der Waals surface area contributed by atoms with Crippen molar-refractivity contribution in [1.82, 2.24) is 15.1 Å². The van der Waals surface area contributed by atoms with Gasteiger partial charge in [0, 0.05) is 31.7 Å². The number of carbonyl (C=O) groups is 1. The van der Waals surface area contributed by atoms with E-state index >= 15 is 0 Å². The number of nitrogens with zero attached hydrogens (tertiary/aromatic N) is 2. The summed E-state index contributed by atoms with van der Waals surface area (Å²) in [6, 6.07) is 1.69. The molecule has 0 bridgehead atoms. The minimum absolute atomic E-state index is 0.141. The van der Waals surface area contributed by atoms with Gasteiger partial charge < -0.3 is 10.1 Å². The molecule has 16 heavy (non-hydrogen) atoms. The van der Waals surface area contributed by atoms with Crippen LogP contribution in [0, 0.1) is 0 Å². The Labute approximate surface area is 103 Å². The lowest BCUT2D eigenvalue weighted by Crippen LogP contribution is -2.27. The van der Waals surface area contributed by atoms with Crippen molar-refractivity contribution in [2.24, 2.45) is 7.05 Å². The standard InChI is InChI=1S/C10H16BrN3O2/c1-14-6-4-9(13-14)10(15)12-5-3-8(11)7-16-2/h4,6,8H,3,5,7H2,1-2H3,(H,12,15). The molecule has 1 rings (SSSR count). The van der Waals surface area contributed by atoms with Crippen molar-refractivity contribution in [1.29, 1.82) is 0 Å². The third-order valence-electron chi connectivity index (χ3n) is 2.04. The Balaban J connectivity index is 2.25. The van der Waals surface area contributed by atoms with Crippen molar-refractivity contribution in [2.75, 3.05) is 20.3 Å². The number of rotatable bonds is 6. The molecule has 1 aromatic heterocycles. The van der Waals surface area contributed by atoms with E-state index in [0.29, 0.717) is 18.8 Å². The van der Waals surface area contributed by atoms with Gasteiger partial charge in [0.2, 0.25) is 0 Å². The summed E-state index contributed by atoms with van der Waals surface area (Å²) in [5.41, 5.74) is 0.445. The highest BCUT2D eigenvalue weighted by molar-refractivity contribution is 9.09. The van der Waals surface area contributed by atoms with Gasteiger partial charge >= 0.3 is 0 Å². The molecule has 0 aliphatic heterocycles. The maximum Gasteiger partial charge on any atom is 0.271 e. The van der Waals surface area contributed by atoms with Crippen LogP contribution in [0.3, 0.4) is 0 Å². The van der Waals surface area contributed by atoms with Crippen molar-refractivity contribution in [2.45, 2.75) is 11.2 Å². The van der Waals surface area contributed by atoms with E-state index in [-0.39, 0.29) is 10.7 Å². The fraction of sp³-hybridized carbons (Fsp3) is 0.600. The molecule has 0 aromatic carbocycles. The van der Waals surface area contributed by atoms with Crippen LogP contribution in [0.1, 0.15) is 16.9 Å². The van der Waals surface area contributed by atoms with Crippen molar-refractivity contribution < 1.29 is 9.53 Å². The number of aromatic nitrogens is 2. The highest BCUT2D eigenvalue weighted by atomic mass is 79.9. The molecular formula is C10H16BrN3O2. The molecule has 0 aliphatic rings. The minimum Gasteiger partial charge on any atom is -0.384 e. The van der Waals surface area contributed by atoms with Crippen LogP contribution in [0.25, 0.3) is 0 Å². The van der Waals surface area contributed by atoms with E-state index in [0.717, 1.165) is 6.42 Å². The molecule has 1 N–H and O–H groups in total. The van der Waals surface area contributed by atoms with Crippen LogP contribution < -0.4 is 5.32 Å². The number of methoxy groups -OCH3 is 1. The number of ether oxygens (including phenoxy) is 1. The second-order valence-corrected chi connectivity index (χ2v) is 4.77. The third-order valence-corrected chi connectivity index (χ3v) is 2.76. The first-order valence-corrected chi connectivity index (χ1v) is 5.96. The summed E-state index contributed by atoms with van der Waals surface area (Å²) in [7, 11) is 3.44. The zero-order chi connectivity index (χ0) is 12.0. The highest BCUT2D eigenvalue weighted by Crippen LogP contribution is 2.04. The summed E-state index contributed by atoms with van der Waals surface area (Å²) >= 11 is 3.45. The lowest BCUT2D eigenvalue weighted by Gasteiger charge is -2.08. The predicted octanol–water partition coefficient (Wildman–Crippen LogP) is 0.950. The number of carbonyl (C=O) groups excluding carboxylic acids is 1. The highest BCUT2D eigenvalue weighted by Gasteiger charge is 2.09. The second kappa shape index (κ2) is 6.65. The van der Waals surface area contributed by atoms with Gasteiger partial charge in [-0.2, -0.15) is 5.10 Å². The maximum atomic E-state index is 11.6. The summed E-state index contributed by atoms with van der Waals surface area (Å²) in [4.78, 5) is 11.8. The number of nitrogens with one attached hydrogen (secondary N) is 1. The van der Waals surface area contributed by atoms with Gasteiger partial charge in [-0.15, -0.1) is 0 Å². The van der Waals surface area contributed by atoms with Crippen LogP contribution >= 0.6 is 15.9 Å². The monoisotopic (exact) mass is 289 g/mol. The molecule has 90 valence electrons. The van der Waals surface area contributed by atoms with E-state index in [1.165, 1.54) is 0 Å². The summed E-state index contributed by atoms with van der Waals surface area (Å²) in [6.45, 7) is 1.24. The Kier molecular flexibility index (Phi) is 5.48. The minimum atomic E-state index is -0.141. The normalized spacial score (nSPS) is 12.4. The first-order chi connectivity index (χ1) is 7.63. The molecule has 0 aliphatic carbocycles. The molecular weight excluding hydrogens is 274 g/mol. The number of hydrogen-bond acceptors (Lipinski definition) is 3. The van der Waals surface area contributed by atoms with E-state index in [2.05, 4.69) is 26.3 Å². The van der Waals surface area contributed by atoms with E-state index in [9.17, 15) is 4.79 Å². The van der Waals surface area contributed by atoms with Gasteiger partial charge in [-0.05, 0) is 12.5 Å². The molecule has 5 nitrogen and oxygen atoms in total. The van der Waals surface area contributed by atoms with Crippen molar-refractivity contribution in [3.63, 3.8) is 0 Å². The molecule has 1 amide bonds. The Morgan fingerprint density at radius 1 is 1.75 bits per heavy atom. The number of alkyl halides is 1. The fourth-order valence-electron chi connectivity index (χ4n) is 1.23. The van der Waals surface area contributed by atoms with E-state index in [1.807, 2.05) is 0 Å². The number of hydrogen-bond donors (Lipinski definition) is 1. The zero-order valence-corrected chi connectivity index (χ0v) is 11.0. The average Bonchev–Trinajstić information content (AvgIpc) is 2.65. The van der Waals surface area contributed by atoms with Crippen molar-refractivity contribution in [3.05, 3.63) is 18.0 Å². The maximum absolute atomic E-state index is 11.6. The Bertz CT molecular complexity index is 341. The first kappa shape index (κ1) is 13.2. The lowest BCUT2D eigenvalue weighted by atomic mass is 10.3. The molecule has 1 unspecified atom stereocenters. The molecule has 0 spiro atoms. The summed E-state index contributed by atoms with van der Waals surface area (Å²) in [6.07, 6.45) is 2.57. The quantitative estimate of drug-likeness (QED) is 0.794. The van der Waals surface area contributed by atoms with Crippen LogP contribution in [0.15, 0.2) is 12.3 Å². The van der Waals surface area contributed by atoms with Crippen LogP contribution in [-0.4, -0.2) is 40.8 Å². The molecule has 0 saturated heterocycles. The molecule has 0 fully saturated rings. The van der Waals surface area contributed by atoms with Crippen LogP contribution in [-0.2, 0) is 11.8 Å². The largest absolute Gasteiger partial charge is 0.384 e. The van der Waals surface area contributed by atoms with Gasteiger partial charge in [0.05, 0.1) is 6.61 Å². The molecule has 0 radical (unpaired) electrons. The Morgan fingerprint density at radius 3 is 3.06 bits per heavy atom. The predicted molar refractivity (Wildman–Crippen MR) is 64.7 cm³/mol. The van der Waals surface area contributed by atoms with Crippen LogP contribution in [0.2, 0.25) is 0 Å². The van der Waals surface area contributed by atoms with Gasteiger partial charge in [-0.1, -0.05) is 15.9 Å². The summed E-state index contributed by atoms with van der Waals surface area (Å²) in [5, 5.41) is 6.81. The Morgan fingerprint density at radius 2 is 2.50 bits per heavy atom. The molecule has 1 atom stereocenters. The summed E-state index contributed by atoms with van der Waals surface area (Å²) in [5.74, 6) is -0.141. The van der Waals surface area contributed by atoms with Crippen LogP contribution in [0.5, 0.6) is 0 Å². The topological polar surface area (TPSA) is 56.1 Å². The Hall–Kier alpha value is -0.880. The van der Waals surface area contributed by atoms with Gasteiger partial charge in [0.15, 0.2) is 0 Å². The van der Waals surface area contributed by atoms with Gasteiger partial charge in [0.1, 0.15) is 5.69 Å². The number of aryl methyl sites for hydroxylation is 1. The summed E-state index contributed by atoms with van der Waals surface area (Å²) < 4.78 is 6.58. The number of amides is 1. The SMILES string of the molecule is COCC(Br)CCNC(=O)c1ccn(C)n1. The van der Waals surface area contributed by atoms with E-state index in [1.54, 1.807) is 31.1 Å². The average molecular weight is 290 g/mol. The van der Waals surface area contributed by atoms with Gasteiger partial charge in [-0.3, -0.25) is 9.48 Å². The number of halogens is 1.